The van der Waals surface area contributed by atoms with E-state index in [1.165, 1.54) is 0 Å². The van der Waals surface area contributed by atoms with Gasteiger partial charge in [0.1, 0.15) is 0 Å². The predicted molar refractivity (Wildman–Crippen MR) is 82.4 cm³/mol. The Bertz CT molecular complexity index is 342. The van der Waals surface area contributed by atoms with Crippen molar-refractivity contribution >= 4 is 6.09 Å². The van der Waals surface area contributed by atoms with Crippen molar-refractivity contribution in [3.05, 3.63) is 0 Å². The number of carbonyl (C=O) groups excluding carboxylic acids is 1. The van der Waals surface area contributed by atoms with Crippen LogP contribution in [-0.2, 0) is 9.47 Å². The molecule has 2 fully saturated rings. The summed E-state index contributed by atoms with van der Waals surface area (Å²) in [4.78, 5) is 16.1. The third kappa shape index (κ3) is 4.58. The Hall–Kier alpha value is -0.810. The van der Waals surface area contributed by atoms with Crippen LogP contribution in [-0.4, -0.2) is 67.4 Å². The van der Waals surface area contributed by atoms with Gasteiger partial charge in [0.05, 0.1) is 18.8 Å². The molecule has 5 heteroatoms. The van der Waals surface area contributed by atoms with Crippen LogP contribution < -0.4 is 0 Å². The highest BCUT2D eigenvalue weighted by Gasteiger charge is 2.34. The Kier molecular flexibility index (Phi) is 5.88. The van der Waals surface area contributed by atoms with Crippen molar-refractivity contribution in [2.75, 3.05) is 33.3 Å². The fourth-order valence-corrected chi connectivity index (χ4v) is 3.51. The van der Waals surface area contributed by atoms with Crippen LogP contribution in [0.1, 0.15) is 40.0 Å². The van der Waals surface area contributed by atoms with Crippen molar-refractivity contribution < 1.29 is 14.3 Å². The standard InChI is InChI=1S/C16H30N2O3/c1-12(2)21-13(3)15-9-14(10-17(15)4)11-20-16(19)18-7-5-6-8-18/h12-15H,5-11H2,1-4H3/t13-,14-,15-/m0/s1. The Morgan fingerprint density at radius 3 is 2.52 bits per heavy atom. The molecule has 0 aromatic heterocycles. The van der Waals surface area contributed by atoms with Crippen molar-refractivity contribution in [1.29, 1.82) is 0 Å². The van der Waals surface area contributed by atoms with E-state index in [9.17, 15) is 4.79 Å². The third-order valence-corrected chi connectivity index (χ3v) is 4.52. The lowest BCUT2D eigenvalue weighted by molar-refractivity contribution is -0.0203. The first kappa shape index (κ1) is 16.6. The van der Waals surface area contributed by atoms with Gasteiger partial charge in [-0.15, -0.1) is 0 Å². The average Bonchev–Trinajstić information content (AvgIpc) is 3.04. The van der Waals surface area contributed by atoms with Gasteiger partial charge < -0.3 is 19.3 Å². The van der Waals surface area contributed by atoms with Crippen LogP contribution in [0.5, 0.6) is 0 Å². The van der Waals surface area contributed by atoms with Crippen molar-refractivity contribution in [3.63, 3.8) is 0 Å². The van der Waals surface area contributed by atoms with Crippen molar-refractivity contribution in [1.82, 2.24) is 9.80 Å². The topological polar surface area (TPSA) is 42.0 Å². The van der Waals surface area contributed by atoms with Crippen LogP contribution in [0.25, 0.3) is 0 Å². The Labute approximate surface area is 128 Å². The highest BCUT2D eigenvalue weighted by Crippen LogP contribution is 2.26. The van der Waals surface area contributed by atoms with Gasteiger partial charge >= 0.3 is 6.09 Å². The van der Waals surface area contributed by atoms with Gasteiger partial charge in [-0.2, -0.15) is 0 Å². The van der Waals surface area contributed by atoms with Crippen LogP contribution >= 0.6 is 0 Å². The molecule has 3 atom stereocenters. The number of nitrogens with zero attached hydrogens (tertiary/aromatic N) is 2. The summed E-state index contributed by atoms with van der Waals surface area (Å²) < 4.78 is 11.4. The number of likely N-dealkylation sites (tertiary alicyclic amines) is 2. The minimum Gasteiger partial charge on any atom is -0.449 e. The zero-order valence-corrected chi connectivity index (χ0v) is 13.9. The highest BCUT2D eigenvalue weighted by molar-refractivity contribution is 5.67. The van der Waals surface area contributed by atoms with Gasteiger partial charge in [-0.05, 0) is 47.1 Å². The number of hydrogen-bond donors (Lipinski definition) is 0. The van der Waals surface area contributed by atoms with Crippen molar-refractivity contribution in [2.45, 2.75) is 58.3 Å². The molecule has 0 N–H and O–H groups in total. The minimum atomic E-state index is -0.134. The van der Waals surface area contributed by atoms with Crippen molar-refractivity contribution in [3.8, 4) is 0 Å². The maximum absolute atomic E-state index is 11.9. The largest absolute Gasteiger partial charge is 0.449 e. The number of likely N-dealkylation sites (N-methyl/N-ethyl adjacent to an activating group) is 1. The van der Waals surface area contributed by atoms with Gasteiger partial charge in [-0.25, -0.2) is 4.79 Å². The monoisotopic (exact) mass is 298 g/mol. The van der Waals surface area contributed by atoms with Crippen molar-refractivity contribution in [2.24, 2.45) is 5.92 Å². The SMILES string of the molecule is CC(C)O[C@@H](C)[C@@H]1C[C@H](COC(=O)N2CCCC2)CN1C. The van der Waals surface area contributed by atoms with Crippen LogP contribution in [0.2, 0.25) is 0 Å². The first-order chi connectivity index (χ1) is 9.97. The molecule has 2 rings (SSSR count). The summed E-state index contributed by atoms with van der Waals surface area (Å²) in [6.45, 7) is 9.49. The average molecular weight is 298 g/mol. The number of amides is 1. The maximum atomic E-state index is 11.9. The van der Waals surface area contributed by atoms with E-state index in [0.717, 1.165) is 38.9 Å². The quantitative estimate of drug-likeness (QED) is 0.781. The van der Waals surface area contributed by atoms with Gasteiger partial charge in [0.25, 0.3) is 0 Å². The minimum absolute atomic E-state index is 0.134. The predicted octanol–water partition coefficient (Wildman–Crippen LogP) is 2.35. The Morgan fingerprint density at radius 2 is 1.90 bits per heavy atom. The molecule has 0 aliphatic carbocycles. The van der Waals surface area contributed by atoms with Gasteiger partial charge in [-0.3, -0.25) is 0 Å². The van der Waals surface area contributed by atoms with Gasteiger partial charge in [0.15, 0.2) is 0 Å². The lowest BCUT2D eigenvalue weighted by Gasteiger charge is -2.27. The van der Waals surface area contributed by atoms with Crippen LogP contribution in [0.3, 0.4) is 0 Å². The molecule has 0 unspecified atom stereocenters. The van der Waals surface area contributed by atoms with E-state index in [4.69, 9.17) is 9.47 Å². The van der Waals surface area contributed by atoms with E-state index in [2.05, 4.69) is 32.7 Å². The van der Waals surface area contributed by atoms with Crippen LogP contribution in [0.15, 0.2) is 0 Å². The molecular formula is C16H30N2O3. The molecule has 0 aromatic rings. The fourth-order valence-electron chi connectivity index (χ4n) is 3.51. The third-order valence-electron chi connectivity index (χ3n) is 4.52. The summed E-state index contributed by atoms with van der Waals surface area (Å²) in [5.41, 5.74) is 0. The van der Waals surface area contributed by atoms with Crippen LogP contribution in [0, 0.1) is 5.92 Å². The molecule has 0 aromatic carbocycles. The highest BCUT2D eigenvalue weighted by atomic mass is 16.6. The lowest BCUT2D eigenvalue weighted by atomic mass is 10.0. The normalized spacial score (nSPS) is 28.3. The molecule has 0 saturated carbocycles. The van der Waals surface area contributed by atoms with E-state index >= 15 is 0 Å². The second kappa shape index (κ2) is 7.45. The fraction of sp³-hybridized carbons (Fsp3) is 0.938. The second-order valence-electron chi connectivity index (χ2n) is 6.77. The van der Waals surface area contributed by atoms with Crippen LogP contribution in [0.4, 0.5) is 4.79 Å². The van der Waals surface area contributed by atoms with E-state index in [1.54, 1.807) is 0 Å². The van der Waals surface area contributed by atoms with E-state index in [-0.39, 0.29) is 18.3 Å². The molecule has 2 saturated heterocycles. The summed E-state index contributed by atoms with van der Waals surface area (Å²) in [6.07, 6.45) is 3.58. The second-order valence-corrected chi connectivity index (χ2v) is 6.77. The first-order valence-corrected chi connectivity index (χ1v) is 8.24. The number of hydrogen-bond acceptors (Lipinski definition) is 4. The van der Waals surface area contributed by atoms with E-state index in [0.29, 0.717) is 18.6 Å². The first-order valence-electron chi connectivity index (χ1n) is 8.24. The Balaban J connectivity index is 1.74. The molecule has 5 nitrogen and oxygen atoms in total. The molecule has 1 amide bonds. The lowest BCUT2D eigenvalue weighted by Crippen LogP contribution is -2.37. The van der Waals surface area contributed by atoms with E-state index < -0.39 is 0 Å². The zero-order valence-electron chi connectivity index (χ0n) is 13.9. The number of rotatable bonds is 5. The molecule has 2 aliphatic heterocycles. The summed E-state index contributed by atoms with van der Waals surface area (Å²) in [7, 11) is 2.13. The summed E-state index contributed by atoms with van der Waals surface area (Å²) in [5, 5.41) is 0. The number of ether oxygens (including phenoxy) is 2. The zero-order chi connectivity index (χ0) is 15.4. The molecule has 21 heavy (non-hydrogen) atoms. The molecular weight excluding hydrogens is 268 g/mol. The molecule has 0 radical (unpaired) electrons. The molecule has 2 aliphatic rings. The number of carbonyl (C=O) groups is 1. The smallest absolute Gasteiger partial charge is 0.409 e. The maximum Gasteiger partial charge on any atom is 0.409 e. The van der Waals surface area contributed by atoms with E-state index in [1.807, 2.05) is 4.90 Å². The van der Waals surface area contributed by atoms with Gasteiger partial charge in [-0.1, -0.05) is 0 Å². The summed E-state index contributed by atoms with van der Waals surface area (Å²) in [6, 6.07) is 0.419. The molecule has 2 heterocycles. The molecule has 0 bridgehead atoms. The molecule has 122 valence electrons. The molecule has 0 spiro atoms. The summed E-state index contributed by atoms with van der Waals surface area (Å²) in [5.74, 6) is 0.421. The van der Waals surface area contributed by atoms with Gasteiger partial charge in [0, 0.05) is 31.6 Å². The summed E-state index contributed by atoms with van der Waals surface area (Å²) >= 11 is 0. The van der Waals surface area contributed by atoms with Gasteiger partial charge in [0.2, 0.25) is 0 Å². The Morgan fingerprint density at radius 1 is 1.24 bits per heavy atom.